The highest BCUT2D eigenvalue weighted by Crippen LogP contribution is 2.20. The van der Waals surface area contributed by atoms with Crippen molar-refractivity contribution in [2.24, 2.45) is 17.8 Å². The number of amides is 1. The fraction of sp³-hybridized carbons (Fsp3) is 0.611. The van der Waals surface area contributed by atoms with Crippen LogP contribution in [0.15, 0.2) is 24.3 Å². The van der Waals surface area contributed by atoms with Gasteiger partial charge in [-0.3, -0.25) is 4.79 Å². The minimum atomic E-state index is -0.0973. The zero-order valence-electron chi connectivity index (χ0n) is 13.6. The first-order valence-corrected chi connectivity index (χ1v) is 8.07. The molecule has 0 radical (unpaired) electrons. The van der Waals surface area contributed by atoms with Crippen LogP contribution in [0.4, 0.5) is 0 Å². The van der Waals surface area contributed by atoms with Gasteiger partial charge < -0.3 is 10.6 Å². The van der Waals surface area contributed by atoms with E-state index < -0.39 is 0 Å². The second-order valence-electron chi connectivity index (χ2n) is 6.80. The molecule has 0 saturated carbocycles. The summed E-state index contributed by atoms with van der Waals surface area (Å²) in [5.41, 5.74) is 2.60. The molecule has 3 nitrogen and oxygen atoms in total. The molecule has 1 heterocycles. The lowest BCUT2D eigenvalue weighted by molar-refractivity contribution is -0.123. The summed E-state index contributed by atoms with van der Waals surface area (Å²) in [6.45, 7) is 10.5. The summed E-state index contributed by atoms with van der Waals surface area (Å²) in [6.07, 6.45) is 0.788. The Bertz CT molecular complexity index is 474. The Morgan fingerprint density at radius 1 is 1.19 bits per heavy atom. The maximum absolute atomic E-state index is 12.4. The van der Waals surface area contributed by atoms with Crippen molar-refractivity contribution < 1.29 is 4.79 Å². The molecule has 0 bridgehead atoms. The van der Waals surface area contributed by atoms with Gasteiger partial charge in [-0.15, -0.1) is 0 Å². The quantitative estimate of drug-likeness (QED) is 0.874. The summed E-state index contributed by atoms with van der Waals surface area (Å²) in [4.78, 5) is 12.4. The molecule has 1 aromatic rings. The Morgan fingerprint density at radius 2 is 1.81 bits per heavy atom. The molecule has 116 valence electrons. The Kier molecular flexibility index (Phi) is 5.40. The number of hydrogen-bond donors (Lipinski definition) is 2. The first kappa shape index (κ1) is 16.0. The number of fused-ring (bicyclic) bond motifs is 1. The second-order valence-corrected chi connectivity index (χ2v) is 6.80. The van der Waals surface area contributed by atoms with Crippen molar-refractivity contribution in [2.75, 3.05) is 6.54 Å². The molecule has 2 rings (SSSR count). The van der Waals surface area contributed by atoms with Crippen LogP contribution < -0.4 is 10.6 Å². The van der Waals surface area contributed by atoms with Gasteiger partial charge in [0, 0.05) is 13.1 Å². The van der Waals surface area contributed by atoms with Crippen LogP contribution in [-0.2, 0) is 17.8 Å². The van der Waals surface area contributed by atoms with Crippen molar-refractivity contribution in [3.8, 4) is 0 Å². The van der Waals surface area contributed by atoms with Gasteiger partial charge >= 0.3 is 0 Å². The minimum absolute atomic E-state index is 0.0973. The molecular formula is C18H28N2O. The summed E-state index contributed by atoms with van der Waals surface area (Å²) in [6, 6.07) is 8.26. The van der Waals surface area contributed by atoms with E-state index in [9.17, 15) is 4.79 Å². The Morgan fingerprint density at radius 3 is 2.43 bits per heavy atom. The maximum Gasteiger partial charge on any atom is 0.237 e. The molecule has 1 aliphatic heterocycles. The lowest BCUT2D eigenvalue weighted by atomic mass is 9.85. The molecule has 0 fully saturated rings. The Labute approximate surface area is 128 Å². The monoisotopic (exact) mass is 288 g/mol. The SMILES string of the molecule is CC(C)C(CNC(=O)[C@@H]1Cc2ccccc2CN1)C(C)C. The van der Waals surface area contributed by atoms with Crippen LogP contribution in [0.5, 0.6) is 0 Å². The highest BCUT2D eigenvalue weighted by atomic mass is 16.2. The summed E-state index contributed by atoms with van der Waals surface area (Å²) >= 11 is 0. The summed E-state index contributed by atoms with van der Waals surface area (Å²) in [5, 5.41) is 6.49. The van der Waals surface area contributed by atoms with Crippen LogP contribution in [0.25, 0.3) is 0 Å². The predicted octanol–water partition coefficient (Wildman–Crippen LogP) is 2.75. The molecule has 0 unspecified atom stereocenters. The van der Waals surface area contributed by atoms with Crippen molar-refractivity contribution in [3.05, 3.63) is 35.4 Å². The molecule has 1 aromatic carbocycles. The van der Waals surface area contributed by atoms with Crippen molar-refractivity contribution in [2.45, 2.75) is 46.7 Å². The third-order valence-electron chi connectivity index (χ3n) is 4.62. The minimum Gasteiger partial charge on any atom is -0.354 e. The maximum atomic E-state index is 12.4. The van der Waals surface area contributed by atoms with Crippen molar-refractivity contribution >= 4 is 5.91 Å². The molecule has 21 heavy (non-hydrogen) atoms. The van der Waals surface area contributed by atoms with Gasteiger partial charge in [0.05, 0.1) is 6.04 Å². The van der Waals surface area contributed by atoms with Gasteiger partial charge in [-0.05, 0) is 35.3 Å². The first-order chi connectivity index (χ1) is 9.99. The normalized spacial score (nSPS) is 18.1. The average molecular weight is 288 g/mol. The van der Waals surface area contributed by atoms with Gasteiger partial charge in [0.2, 0.25) is 5.91 Å². The van der Waals surface area contributed by atoms with Crippen molar-refractivity contribution in [1.82, 2.24) is 10.6 Å². The third-order valence-corrected chi connectivity index (χ3v) is 4.62. The fourth-order valence-corrected chi connectivity index (χ4v) is 3.22. The summed E-state index contributed by atoms with van der Waals surface area (Å²) in [5.74, 6) is 1.84. The molecule has 0 aliphatic carbocycles. The van der Waals surface area contributed by atoms with Crippen LogP contribution in [0.3, 0.4) is 0 Å². The van der Waals surface area contributed by atoms with E-state index in [1.165, 1.54) is 11.1 Å². The lowest BCUT2D eigenvalue weighted by Crippen LogP contribution is -2.49. The van der Waals surface area contributed by atoms with E-state index in [1.54, 1.807) is 0 Å². The molecule has 0 spiro atoms. The van der Waals surface area contributed by atoms with E-state index in [0.717, 1.165) is 19.5 Å². The summed E-state index contributed by atoms with van der Waals surface area (Å²) in [7, 11) is 0. The Hall–Kier alpha value is -1.35. The zero-order valence-corrected chi connectivity index (χ0v) is 13.6. The van der Waals surface area contributed by atoms with E-state index in [-0.39, 0.29) is 11.9 Å². The highest BCUT2D eigenvalue weighted by Gasteiger charge is 2.25. The van der Waals surface area contributed by atoms with E-state index in [1.807, 2.05) is 6.07 Å². The van der Waals surface area contributed by atoms with E-state index in [2.05, 4.69) is 56.5 Å². The van der Waals surface area contributed by atoms with Crippen molar-refractivity contribution in [1.29, 1.82) is 0 Å². The number of benzene rings is 1. The van der Waals surface area contributed by atoms with E-state index in [4.69, 9.17) is 0 Å². The molecule has 3 heteroatoms. The van der Waals surface area contributed by atoms with Gasteiger partial charge in [0.15, 0.2) is 0 Å². The first-order valence-electron chi connectivity index (χ1n) is 8.07. The molecule has 0 saturated heterocycles. The van der Waals surface area contributed by atoms with Gasteiger partial charge in [-0.2, -0.15) is 0 Å². The standard InChI is InChI=1S/C18H28N2O/c1-12(2)16(13(3)4)11-20-18(21)17-9-14-7-5-6-8-15(14)10-19-17/h5-8,12-13,16-17,19H,9-11H2,1-4H3,(H,20,21)/t17-/m0/s1. The summed E-state index contributed by atoms with van der Waals surface area (Å²) < 4.78 is 0. The molecular weight excluding hydrogens is 260 g/mol. The average Bonchev–Trinajstić information content (AvgIpc) is 2.46. The van der Waals surface area contributed by atoms with Gasteiger partial charge in [0.1, 0.15) is 0 Å². The number of hydrogen-bond acceptors (Lipinski definition) is 2. The van der Waals surface area contributed by atoms with Crippen LogP contribution in [0, 0.1) is 17.8 Å². The van der Waals surface area contributed by atoms with Crippen LogP contribution >= 0.6 is 0 Å². The van der Waals surface area contributed by atoms with Gasteiger partial charge in [-0.1, -0.05) is 52.0 Å². The fourth-order valence-electron chi connectivity index (χ4n) is 3.22. The number of nitrogens with one attached hydrogen (secondary N) is 2. The second kappa shape index (κ2) is 7.08. The van der Waals surface area contributed by atoms with Gasteiger partial charge in [0.25, 0.3) is 0 Å². The van der Waals surface area contributed by atoms with Gasteiger partial charge in [-0.25, -0.2) is 0 Å². The predicted molar refractivity (Wildman–Crippen MR) is 86.9 cm³/mol. The zero-order chi connectivity index (χ0) is 15.4. The number of carbonyl (C=O) groups is 1. The smallest absolute Gasteiger partial charge is 0.237 e. The Balaban J connectivity index is 1.90. The lowest BCUT2D eigenvalue weighted by Gasteiger charge is -2.28. The molecule has 2 N–H and O–H groups in total. The topological polar surface area (TPSA) is 41.1 Å². The molecule has 0 aromatic heterocycles. The van der Waals surface area contributed by atoms with E-state index in [0.29, 0.717) is 17.8 Å². The highest BCUT2D eigenvalue weighted by molar-refractivity contribution is 5.82. The van der Waals surface area contributed by atoms with E-state index >= 15 is 0 Å². The van der Waals surface area contributed by atoms with Crippen molar-refractivity contribution in [3.63, 3.8) is 0 Å². The molecule has 1 aliphatic rings. The van der Waals surface area contributed by atoms with Crippen LogP contribution in [0.2, 0.25) is 0 Å². The molecule has 1 amide bonds. The number of carbonyl (C=O) groups excluding carboxylic acids is 1. The number of rotatable bonds is 5. The van der Waals surface area contributed by atoms with Crippen LogP contribution in [0.1, 0.15) is 38.8 Å². The third kappa shape index (κ3) is 4.07. The molecule has 1 atom stereocenters. The van der Waals surface area contributed by atoms with Crippen LogP contribution in [-0.4, -0.2) is 18.5 Å². The largest absolute Gasteiger partial charge is 0.354 e.